The van der Waals surface area contributed by atoms with Crippen LogP contribution in [-0.2, 0) is 16.1 Å². The van der Waals surface area contributed by atoms with E-state index < -0.39 is 6.04 Å². The van der Waals surface area contributed by atoms with Crippen molar-refractivity contribution in [2.45, 2.75) is 45.7 Å². The van der Waals surface area contributed by atoms with E-state index in [9.17, 15) is 9.59 Å². The highest BCUT2D eigenvalue weighted by atomic mass is 16.2. The van der Waals surface area contributed by atoms with Crippen molar-refractivity contribution in [1.82, 2.24) is 20.4 Å². The van der Waals surface area contributed by atoms with Crippen LogP contribution in [0.2, 0.25) is 0 Å². The number of piperidine rings is 1. The molecule has 29 heavy (non-hydrogen) atoms. The Morgan fingerprint density at radius 3 is 2.59 bits per heavy atom. The van der Waals surface area contributed by atoms with E-state index in [2.05, 4.69) is 46.4 Å². The van der Waals surface area contributed by atoms with Gasteiger partial charge in [-0.15, -0.1) is 0 Å². The summed E-state index contributed by atoms with van der Waals surface area (Å²) in [6.07, 6.45) is 2.50. The van der Waals surface area contributed by atoms with Crippen molar-refractivity contribution in [1.29, 1.82) is 0 Å². The molecular formula is C23H36N4O2. The number of nitrogens with zero attached hydrogens (tertiary/aromatic N) is 2. The Bertz CT molecular complexity index is 656. The highest BCUT2D eigenvalue weighted by molar-refractivity contribution is 5.88. The van der Waals surface area contributed by atoms with Crippen molar-refractivity contribution < 1.29 is 9.59 Å². The summed E-state index contributed by atoms with van der Waals surface area (Å²) in [6.45, 7) is 10.7. The SMILES string of the molecule is CC(C)CN1CCC(CNC(=O)C[C@@H]2C(=O)NCCN2Cc2ccccc2)CC1. The lowest BCUT2D eigenvalue weighted by Crippen LogP contribution is -2.56. The van der Waals surface area contributed by atoms with E-state index in [-0.39, 0.29) is 18.2 Å². The first-order valence-electron chi connectivity index (χ1n) is 11.1. The molecular weight excluding hydrogens is 364 g/mol. The number of carbonyl (C=O) groups is 2. The molecule has 3 rings (SSSR count). The molecule has 6 heteroatoms. The Morgan fingerprint density at radius 2 is 1.90 bits per heavy atom. The van der Waals surface area contributed by atoms with Crippen molar-refractivity contribution in [3.63, 3.8) is 0 Å². The third kappa shape index (κ3) is 6.82. The Labute approximate surface area is 175 Å². The van der Waals surface area contributed by atoms with Crippen LogP contribution in [0.25, 0.3) is 0 Å². The lowest BCUT2D eigenvalue weighted by atomic mass is 9.96. The zero-order valence-corrected chi connectivity index (χ0v) is 17.9. The molecule has 2 aliphatic rings. The van der Waals surface area contributed by atoms with Gasteiger partial charge in [-0.05, 0) is 43.3 Å². The maximum Gasteiger partial charge on any atom is 0.237 e. The van der Waals surface area contributed by atoms with Crippen LogP contribution in [0.5, 0.6) is 0 Å². The van der Waals surface area contributed by atoms with Gasteiger partial charge in [0.05, 0.1) is 12.5 Å². The Hall–Kier alpha value is -1.92. The second-order valence-corrected chi connectivity index (χ2v) is 8.91. The van der Waals surface area contributed by atoms with Gasteiger partial charge in [0.1, 0.15) is 0 Å². The molecule has 0 radical (unpaired) electrons. The van der Waals surface area contributed by atoms with Crippen LogP contribution < -0.4 is 10.6 Å². The number of hydrogen-bond donors (Lipinski definition) is 2. The van der Waals surface area contributed by atoms with E-state index in [1.54, 1.807) is 0 Å². The third-order valence-corrected chi connectivity index (χ3v) is 5.97. The number of amides is 2. The van der Waals surface area contributed by atoms with Gasteiger partial charge < -0.3 is 15.5 Å². The topological polar surface area (TPSA) is 64.7 Å². The summed E-state index contributed by atoms with van der Waals surface area (Å²) >= 11 is 0. The molecule has 2 heterocycles. The van der Waals surface area contributed by atoms with Gasteiger partial charge in [0.25, 0.3) is 0 Å². The zero-order valence-electron chi connectivity index (χ0n) is 17.9. The summed E-state index contributed by atoms with van der Waals surface area (Å²) in [5.41, 5.74) is 1.17. The minimum absolute atomic E-state index is 0.0188. The van der Waals surface area contributed by atoms with Crippen LogP contribution in [0.4, 0.5) is 0 Å². The van der Waals surface area contributed by atoms with Crippen molar-refractivity contribution >= 4 is 11.8 Å². The van der Waals surface area contributed by atoms with Gasteiger partial charge in [0.15, 0.2) is 0 Å². The maximum atomic E-state index is 12.6. The molecule has 2 fully saturated rings. The maximum absolute atomic E-state index is 12.6. The Balaban J connectivity index is 1.45. The van der Waals surface area contributed by atoms with Gasteiger partial charge in [-0.2, -0.15) is 0 Å². The van der Waals surface area contributed by atoms with Crippen molar-refractivity contribution in [3.8, 4) is 0 Å². The predicted molar refractivity (Wildman–Crippen MR) is 115 cm³/mol. The fourth-order valence-electron chi connectivity index (χ4n) is 4.39. The van der Waals surface area contributed by atoms with Crippen LogP contribution in [0, 0.1) is 11.8 Å². The van der Waals surface area contributed by atoms with Crippen LogP contribution >= 0.6 is 0 Å². The van der Waals surface area contributed by atoms with Gasteiger partial charge in [-0.3, -0.25) is 14.5 Å². The van der Waals surface area contributed by atoms with Crippen molar-refractivity contribution in [2.75, 3.05) is 39.3 Å². The van der Waals surface area contributed by atoms with Crippen LogP contribution in [0.3, 0.4) is 0 Å². The monoisotopic (exact) mass is 400 g/mol. The molecule has 6 nitrogen and oxygen atoms in total. The molecule has 2 N–H and O–H groups in total. The minimum atomic E-state index is -0.392. The van der Waals surface area contributed by atoms with E-state index >= 15 is 0 Å². The fourth-order valence-corrected chi connectivity index (χ4v) is 4.39. The number of nitrogens with one attached hydrogen (secondary N) is 2. The summed E-state index contributed by atoms with van der Waals surface area (Å²) < 4.78 is 0. The highest BCUT2D eigenvalue weighted by Gasteiger charge is 2.31. The number of likely N-dealkylation sites (tertiary alicyclic amines) is 1. The molecule has 1 atom stereocenters. The molecule has 2 amide bonds. The van der Waals surface area contributed by atoms with E-state index in [0.717, 1.165) is 45.6 Å². The molecule has 2 aliphatic heterocycles. The zero-order chi connectivity index (χ0) is 20.6. The molecule has 160 valence electrons. The number of hydrogen-bond acceptors (Lipinski definition) is 4. The van der Waals surface area contributed by atoms with Crippen LogP contribution in [0.1, 0.15) is 38.7 Å². The largest absolute Gasteiger partial charge is 0.356 e. The lowest BCUT2D eigenvalue weighted by Gasteiger charge is -2.35. The number of benzene rings is 1. The fraction of sp³-hybridized carbons (Fsp3) is 0.652. The summed E-state index contributed by atoms with van der Waals surface area (Å²) in [6, 6.07) is 9.74. The standard InChI is InChI=1S/C23H36N4O2/c1-18(2)16-26-11-8-19(9-12-26)15-25-22(28)14-21-23(29)24-10-13-27(21)17-20-6-4-3-5-7-20/h3-7,18-19,21H,8-17H2,1-2H3,(H,24,29)(H,25,28)/t21-/m1/s1. The molecule has 0 saturated carbocycles. The number of carbonyl (C=O) groups excluding carboxylic acids is 2. The molecule has 0 bridgehead atoms. The molecule has 0 aliphatic carbocycles. The van der Waals surface area contributed by atoms with Crippen LogP contribution in [0.15, 0.2) is 30.3 Å². The van der Waals surface area contributed by atoms with E-state index in [0.29, 0.717) is 24.9 Å². The normalized spacial score (nSPS) is 21.9. The summed E-state index contributed by atoms with van der Waals surface area (Å²) in [5, 5.41) is 6.01. The van der Waals surface area contributed by atoms with Crippen molar-refractivity contribution in [3.05, 3.63) is 35.9 Å². The first-order chi connectivity index (χ1) is 14.0. The van der Waals surface area contributed by atoms with Crippen molar-refractivity contribution in [2.24, 2.45) is 11.8 Å². The van der Waals surface area contributed by atoms with E-state index in [1.807, 2.05) is 18.2 Å². The molecule has 2 saturated heterocycles. The molecule has 0 unspecified atom stereocenters. The quantitative estimate of drug-likeness (QED) is 0.699. The van der Waals surface area contributed by atoms with Gasteiger partial charge >= 0.3 is 0 Å². The number of rotatable bonds is 8. The van der Waals surface area contributed by atoms with Gasteiger partial charge in [0.2, 0.25) is 11.8 Å². The summed E-state index contributed by atoms with van der Waals surface area (Å²) in [4.78, 5) is 29.6. The first-order valence-corrected chi connectivity index (χ1v) is 11.1. The highest BCUT2D eigenvalue weighted by Crippen LogP contribution is 2.18. The predicted octanol–water partition coefficient (Wildman–Crippen LogP) is 1.86. The Morgan fingerprint density at radius 1 is 1.17 bits per heavy atom. The molecule has 1 aromatic carbocycles. The smallest absolute Gasteiger partial charge is 0.237 e. The molecule has 0 aromatic heterocycles. The van der Waals surface area contributed by atoms with E-state index in [4.69, 9.17) is 0 Å². The molecule has 1 aromatic rings. The first kappa shape index (κ1) is 21.8. The third-order valence-electron chi connectivity index (χ3n) is 5.97. The number of piperazine rings is 1. The van der Waals surface area contributed by atoms with Gasteiger partial charge in [0, 0.05) is 32.7 Å². The average molecular weight is 401 g/mol. The average Bonchev–Trinajstić information content (AvgIpc) is 2.70. The minimum Gasteiger partial charge on any atom is -0.356 e. The van der Waals surface area contributed by atoms with E-state index in [1.165, 1.54) is 5.56 Å². The summed E-state index contributed by atoms with van der Waals surface area (Å²) in [7, 11) is 0. The van der Waals surface area contributed by atoms with Gasteiger partial charge in [-0.25, -0.2) is 0 Å². The summed E-state index contributed by atoms with van der Waals surface area (Å²) in [5.74, 6) is 1.19. The lowest BCUT2D eigenvalue weighted by molar-refractivity contribution is -0.134. The van der Waals surface area contributed by atoms with Crippen LogP contribution in [-0.4, -0.2) is 66.9 Å². The molecule has 0 spiro atoms. The second-order valence-electron chi connectivity index (χ2n) is 8.91. The Kier molecular flexibility index (Phi) is 8.07. The van der Waals surface area contributed by atoms with Gasteiger partial charge in [-0.1, -0.05) is 44.2 Å². The second kappa shape index (κ2) is 10.7.